The maximum Gasteiger partial charge on any atom is 0.134 e. The molecule has 3 heteroatoms. The van der Waals surface area contributed by atoms with E-state index in [1.54, 1.807) is 0 Å². The first-order valence-electron chi connectivity index (χ1n) is 4.32. The van der Waals surface area contributed by atoms with Gasteiger partial charge in [-0.25, -0.2) is 4.98 Å². The van der Waals surface area contributed by atoms with Crippen LogP contribution in [-0.4, -0.2) is 4.98 Å². The minimum absolute atomic E-state index is 0.399. The molecular weight excluding hydrogens is 217 g/mol. The molecule has 0 saturated heterocycles. The molecule has 72 valence electrons. The molecule has 0 aliphatic carbocycles. The van der Waals surface area contributed by atoms with Gasteiger partial charge in [0.15, 0.2) is 0 Å². The smallest absolute Gasteiger partial charge is 0.134 e. The highest BCUT2D eigenvalue weighted by Gasteiger charge is 2.03. The van der Waals surface area contributed by atoms with Gasteiger partial charge < -0.3 is 0 Å². The summed E-state index contributed by atoms with van der Waals surface area (Å²) in [7, 11) is 0. The molecule has 0 unspecified atom stereocenters. The second kappa shape index (κ2) is 3.76. The molecule has 0 fully saturated rings. The van der Waals surface area contributed by atoms with Gasteiger partial charge in [0, 0.05) is 10.9 Å². The Balaban J connectivity index is 2.73. The highest BCUT2D eigenvalue weighted by atomic mass is 35.5. The van der Waals surface area contributed by atoms with Crippen molar-refractivity contribution in [2.45, 2.75) is 12.8 Å². The average Bonchev–Trinajstić information content (AvgIpc) is 2.17. The van der Waals surface area contributed by atoms with Gasteiger partial charge in [-0.2, -0.15) is 0 Å². The largest absolute Gasteiger partial charge is 0.236 e. The van der Waals surface area contributed by atoms with Gasteiger partial charge in [-0.1, -0.05) is 23.2 Å². The van der Waals surface area contributed by atoms with Crippen molar-refractivity contribution in [2.75, 3.05) is 0 Å². The number of fused-ring (bicyclic) bond motifs is 1. The van der Waals surface area contributed by atoms with Gasteiger partial charge in [0.25, 0.3) is 0 Å². The third kappa shape index (κ3) is 1.70. The van der Waals surface area contributed by atoms with Gasteiger partial charge in [-0.3, -0.25) is 0 Å². The number of pyridine rings is 1. The first-order chi connectivity index (χ1) is 6.70. The van der Waals surface area contributed by atoms with Gasteiger partial charge in [-0.05, 0) is 25.1 Å². The fourth-order valence-corrected chi connectivity index (χ4v) is 1.89. The summed E-state index contributed by atoms with van der Waals surface area (Å²) >= 11 is 11.7. The van der Waals surface area contributed by atoms with Crippen LogP contribution in [0.5, 0.6) is 0 Å². The van der Waals surface area contributed by atoms with Crippen LogP contribution in [0.15, 0.2) is 24.3 Å². The number of benzene rings is 1. The van der Waals surface area contributed by atoms with E-state index in [9.17, 15) is 0 Å². The zero-order valence-corrected chi connectivity index (χ0v) is 9.23. The van der Waals surface area contributed by atoms with Crippen LogP contribution in [0.3, 0.4) is 0 Å². The van der Waals surface area contributed by atoms with Gasteiger partial charge in [-0.15, -0.1) is 11.6 Å². The lowest BCUT2D eigenvalue weighted by atomic mass is 10.1. The van der Waals surface area contributed by atoms with Crippen molar-refractivity contribution < 1.29 is 0 Å². The molecule has 0 radical (unpaired) electrons. The molecule has 1 aromatic heterocycles. The molecule has 0 spiro atoms. The molecule has 1 nitrogen and oxygen atoms in total. The van der Waals surface area contributed by atoms with E-state index in [2.05, 4.69) is 18.0 Å². The lowest BCUT2D eigenvalue weighted by Gasteiger charge is -2.03. The molecular formula is C11H9Cl2N. The molecule has 0 bridgehead atoms. The lowest BCUT2D eigenvalue weighted by Crippen LogP contribution is -1.87. The topological polar surface area (TPSA) is 12.9 Å². The minimum Gasteiger partial charge on any atom is -0.236 e. The molecule has 0 atom stereocenters. The Hall–Kier alpha value is -0.790. The van der Waals surface area contributed by atoms with Gasteiger partial charge in [0.1, 0.15) is 5.15 Å². The standard InChI is InChI=1S/C11H9Cl2N/c1-7-2-3-10-8(4-7)5-9(6-12)11(13)14-10/h2-5H,6H2,1H3. The molecule has 1 aromatic carbocycles. The normalized spacial score (nSPS) is 10.8. The van der Waals surface area contributed by atoms with Crippen molar-refractivity contribution in [2.24, 2.45) is 0 Å². The molecule has 2 rings (SSSR count). The Morgan fingerprint density at radius 3 is 2.79 bits per heavy atom. The molecule has 2 aromatic rings. The number of hydrogen-bond donors (Lipinski definition) is 0. The second-order valence-electron chi connectivity index (χ2n) is 3.27. The summed E-state index contributed by atoms with van der Waals surface area (Å²) in [5.41, 5.74) is 3.00. The molecule has 1 heterocycles. The van der Waals surface area contributed by atoms with Gasteiger partial charge >= 0.3 is 0 Å². The quantitative estimate of drug-likeness (QED) is 0.530. The van der Waals surface area contributed by atoms with Crippen LogP contribution in [-0.2, 0) is 5.88 Å². The summed E-state index contributed by atoms with van der Waals surface area (Å²) in [5.74, 6) is 0.399. The number of rotatable bonds is 1. The van der Waals surface area contributed by atoms with Crippen LogP contribution < -0.4 is 0 Å². The summed E-state index contributed by atoms with van der Waals surface area (Å²) in [4.78, 5) is 4.27. The summed E-state index contributed by atoms with van der Waals surface area (Å²) in [6.07, 6.45) is 0. The molecule has 14 heavy (non-hydrogen) atoms. The predicted molar refractivity (Wildman–Crippen MR) is 61.0 cm³/mol. The van der Waals surface area contributed by atoms with E-state index < -0.39 is 0 Å². The van der Waals surface area contributed by atoms with Crippen LogP contribution in [0, 0.1) is 6.92 Å². The predicted octanol–water partition coefficient (Wildman–Crippen LogP) is 3.94. The highest BCUT2D eigenvalue weighted by molar-refractivity contribution is 6.31. The maximum absolute atomic E-state index is 5.95. The number of alkyl halides is 1. The van der Waals surface area contributed by atoms with Crippen LogP contribution in [0.4, 0.5) is 0 Å². The van der Waals surface area contributed by atoms with E-state index in [0.29, 0.717) is 11.0 Å². The second-order valence-corrected chi connectivity index (χ2v) is 3.89. The Morgan fingerprint density at radius 1 is 1.29 bits per heavy atom. The number of halogens is 2. The van der Waals surface area contributed by atoms with Crippen molar-refractivity contribution in [3.63, 3.8) is 0 Å². The summed E-state index contributed by atoms with van der Waals surface area (Å²) in [6.45, 7) is 2.05. The average molecular weight is 226 g/mol. The molecule has 0 amide bonds. The Kier molecular flexibility index (Phi) is 2.62. The number of aromatic nitrogens is 1. The molecule has 0 saturated carbocycles. The molecule has 0 aliphatic rings. The summed E-state index contributed by atoms with van der Waals surface area (Å²) in [6, 6.07) is 8.06. The van der Waals surface area contributed by atoms with Crippen LogP contribution >= 0.6 is 23.2 Å². The first kappa shape index (κ1) is 9.75. The minimum atomic E-state index is 0.399. The number of hydrogen-bond acceptors (Lipinski definition) is 1. The Morgan fingerprint density at radius 2 is 2.07 bits per heavy atom. The van der Waals surface area contributed by atoms with Crippen LogP contribution in [0.1, 0.15) is 11.1 Å². The maximum atomic E-state index is 5.95. The molecule has 0 N–H and O–H groups in total. The van der Waals surface area contributed by atoms with E-state index in [1.807, 2.05) is 18.2 Å². The SMILES string of the molecule is Cc1ccc2nc(Cl)c(CCl)cc2c1. The van der Waals surface area contributed by atoms with Crippen LogP contribution in [0.2, 0.25) is 5.15 Å². The molecule has 0 aliphatic heterocycles. The Bertz CT molecular complexity index is 480. The zero-order valence-electron chi connectivity index (χ0n) is 7.72. The van der Waals surface area contributed by atoms with E-state index in [-0.39, 0.29) is 0 Å². The van der Waals surface area contributed by atoms with E-state index in [4.69, 9.17) is 23.2 Å². The fraction of sp³-hybridized carbons (Fsp3) is 0.182. The summed E-state index contributed by atoms with van der Waals surface area (Å²) < 4.78 is 0. The third-order valence-electron chi connectivity index (χ3n) is 2.14. The fourth-order valence-electron chi connectivity index (χ4n) is 1.41. The van der Waals surface area contributed by atoms with E-state index in [1.165, 1.54) is 5.56 Å². The van der Waals surface area contributed by atoms with Crippen molar-refractivity contribution >= 4 is 34.1 Å². The van der Waals surface area contributed by atoms with Gasteiger partial charge in [0.05, 0.1) is 11.4 Å². The van der Waals surface area contributed by atoms with Crippen molar-refractivity contribution in [1.82, 2.24) is 4.98 Å². The van der Waals surface area contributed by atoms with Crippen molar-refractivity contribution in [3.8, 4) is 0 Å². The van der Waals surface area contributed by atoms with E-state index in [0.717, 1.165) is 16.5 Å². The zero-order chi connectivity index (χ0) is 10.1. The lowest BCUT2D eigenvalue weighted by molar-refractivity contribution is 1.30. The van der Waals surface area contributed by atoms with Crippen LogP contribution in [0.25, 0.3) is 10.9 Å². The third-order valence-corrected chi connectivity index (χ3v) is 2.76. The van der Waals surface area contributed by atoms with E-state index >= 15 is 0 Å². The Labute approximate surface area is 92.7 Å². The van der Waals surface area contributed by atoms with Gasteiger partial charge in [0.2, 0.25) is 0 Å². The monoisotopic (exact) mass is 225 g/mol. The highest BCUT2D eigenvalue weighted by Crippen LogP contribution is 2.22. The summed E-state index contributed by atoms with van der Waals surface area (Å²) in [5, 5.41) is 1.58. The van der Waals surface area contributed by atoms with Crippen molar-refractivity contribution in [1.29, 1.82) is 0 Å². The first-order valence-corrected chi connectivity index (χ1v) is 5.23. The number of aryl methyl sites for hydroxylation is 1. The van der Waals surface area contributed by atoms with Crippen molar-refractivity contribution in [3.05, 3.63) is 40.5 Å². The number of nitrogens with zero attached hydrogens (tertiary/aromatic N) is 1.